The maximum atomic E-state index is 5.87. The maximum absolute atomic E-state index is 5.87. The van der Waals surface area contributed by atoms with Crippen LogP contribution >= 0.6 is 0 Å². The van der Waals surface area contributed by atoms with E-state index in [0.29, 0.717) is 17.4 Å². The molecule has 2 rings (SSSR count). The van der Waals surface area contributed by atoms with E-state index < -0.39 is 0 Å². The van der Waals surface area contributed by atoms with E-state index in [0.717, 1.165) is 5.92 Å². The number of hydrogen-bond acceptors (Lipinski definition) is 3. The van der Waals surface area contributed by atoms with Crippen LogP contribution in [0.4, 0.5) is 17.1 Å². The van der Waals surface area contributed by atoms with E-state index in [-0.39, 0.29) is 0 Å². The molecule has 0 saturated heterocycles. The largest absolute Gasteiger partial charge is 0.397 e. The number of benzene rings is 1. The Morgan fingerprint density at radius 1 is 1.12 bits per heavy atom. The summed E-state index contributed by atoms with van der Waals surface area (Å²) in [4.78, 5) is 2.36. The molecule has 94 valence electrons. The van der Waals surface area contributed by atoms with Crippen molar-refractivity contribution in [1.29, 1.82) is 0 Å². The average Bonchev–Trinajstić information content (AvgIpc) is 2.32. The van der Waals surface area contributed by atoms with Crippen molar-refractivity contribution in [2.75, 3.05) is 23.4 Å². The highest BCUT2D eigenvalue weighted by Gasteiger charge is 2.25. The summed E-state index contributed by atoms with van der Waals surface area (Å²) in [7, 11) is 2.16. The summed E-state index contributed by atoms with van der Waals surface area (Å²) in [6.45, 7) is 2.35. The van der Waals surface area contributed by atoms with Crippen LogP contribution in [0.2, 0.25) is 0 Å². The molecule has 1 aromatic carbocycles. The van der Waals surface area contributed by atoms with Crippen molar-refractivity contribution >= 4 is 17.1 Å². The number of nitrogen functional groups attached to an aromatic ring is 2. The van der Waals surface area contributed by atoms with Crippen molar-refractivity contribution in [1.82, 2.24) is 0 Å². The van der Waals surface area contributed by atoms with Gasteiger partial charge in [-0.05, 0) is 37.0 Å². The highest BCUT2D eigenvalue weighted by atomic mass is 15.1. The number of hydrogen-bond donors (Lipinski definition) is 2. The highest BCUT2D eigenvalue weighted by molar-refractivity contribution is 5.69. The minimum absolute atomic E-state index is 0.631. The van der Waals surface area contributed by atoms with Gasteiger partial charge in [0.25, 0.3) is 0 Å². The molecule has 0 radical (unpaired) electrons. The molecule has 0 aromatic heterocycles. The third-order valence-corrected chi connectivity index (χ3v) is 4.04. The second kappa shape index (κ2) is 4.86. The third kappa shape index (κ3) is 2.48. The zero-order valence-corrected chi connectivity index (χ0v) is 10.8. The van der Waals surface area contributed by atoms with Gasteiger partial charge in [-0.15, -0.1) is 0 Å². The van der Waals surface area contributed by atoms with E-state index in [1.165, 1.54) is 31.4 Å². The Balaban J connectivity index is 2.17. The van der Waals surface area contributed by atoms with Crippen LogP contribution in [-0.4, -0.2) is 13.1 Å². The van der Waals surface area contributed by atoms with Crippen LogP contribution in [0.25, 0.3) is 0 Å². The summed E-state index contributed by atoms with van der Waals surface area (Å²) in [5.41, 5.74) is 14.1. The molecule has 1 saturated carbocycles. The lowest BCUT2D eigenvalue weighted by Crippen LogP contribution is -2.39. The Labute approximate surface area is 104 Å². The maximum Gasteiger partial charge on any atom is 0.0568 e. The average molecular weight is 233 g/mol. The van der Waals surface area contributed by atoms with Crippen molar-refractivity contribution in [3.05, 3.63) is 18.2 Å². The van der Waals surface area contributed by atoms with E-state index in [2.05, 4.69) is 24.9 Å². The topological polar surface area (TPSA) is 55.3 Å². The molecule has 1 fully saturated rings. The molecule has 0 spiro atoms. The predicted octanol–water partition coefficient (Wildman–Crippen LogP) is 2.87. The molecule has 0 bridgehead atoms. The van der Waals surface area contributed by atoms with E-state index in [9.17, 15) is 0 Å². The van der Waals surface area contributed by atoms with E-state index in [1.807, 2.05) is 12.1 Å². The quantitative estimate of drug-likeness (QED) is 0.772. The fraction of sp³-hybridized carbons (Fsp3) is 0.571. The first-order chi connectivity index (χ1) is 8.09. The fourth-order valence-corrected chi connectivity index (χ4v) is 2.85. The lowest BCUT2D eigenvalue weighted by molar-refractivity contribution is 0.321. The van der Waals surface area contributed by atoms with Gasteiger partial charge in [-0.3, -0.25) is 0 Å². The smallest absolute Gasteiger partial charge is 0.0568 e. The Morgan fingerprint density at radius 2 is 1.82 bits per heavy atom. The first kappa shape index (κ1) is 12.1. The summed E-state index contributed by atoms with van der Waals surface area (Å²) in [6.07, 6.45) is 5.32. The van der Waals surface area contributed by atoms with Crippen molar-refractivity contribution in [3.8, 4) is 0 Å². The standard InChI is InChI=1S/C14H23N3/c1-10-5-3-4-6-14(10)17(2)11-7-8-12(15)13(16)9-11/h7-10,14H,3-6,15-16H2,1-2H3. The SMILES string of the molecule is CC1CCCCC1N(C)c1ccc(N)c(N)c1. The normalized spacial score (nSPS) is 24.6. The molecule has 3 heteroatoms. The van der Waals surface area contributed by atoms with Gasteiger partial charge >= 0.3 is 0 Å². The van der Waals surface area contributed by atoms with Gasteiger partial charge in [0.05, 0.1) is 11.4 Å². The lowest BCUT2D eigenvalue weighted by atomic mass is 9.85. The van der Waals surface area contributed by atoms with Crippen LogP contribution in [0.5, 0.6) is 0 Å². The van der Waals surface area contributed by atoms with Crippen LogP contribution in [0.15, 0.2) is 18.2 Å². The van der Waals surface area contributed by atoms with Crippen molar-refractivity contribution in [2.24, 2.45) is 5.92 Å². The van der Waals surface area contributed by atoms with Gasteiger partial charge in [0.1, 0.15) is 0 Å². The Morgan fingerprint density at radius 3 is 2.47 bits per heavy atom. The Hall–Kier alpha value is -1.38. The molecule has 1 aromatic rings. The number of rotatable bonds is 2. The molecular formula is C14H23N3. The van der Waals surface area contributed by atoms with Crippen molar-refractivity contribution < 1.29 is 0 Å². The second-order valence-electron chi connectivity index (χ2n) is 5.25. The van der Waals surface area contributed by atoms with E-state index in [4.69, 9.17) is 11.5 Å². The fourth-order valence-electron chi connectivity index (χ4n) is 2.85. The van der Waals surface area contributed by atoms with E-state index in [1.54, 1.807) is 0 Å². The van der Waals surface area contributed by atoms with Gasteiger partial charge in [-0.25, -0.2) is 0 Å². The number of anilines is 3. The van der Waals surface area contributed by atoms with Crippen LogP contribution in [0.3, 0.4) is 0 Å². The van der Waals surface area contributed by atoms with Crippen LogP contribution < -0.4 is 16.4 Å². The minimum atomic E-state index is 0.631. The van der Waals surface area contributed by atoms with Gasteiger partial charge in [0.15, 0.2) is 0 Å². The van der Waals surface area contributed by atoms with Crippen LogP contribution in [-0.2, 0) is 0 Å². The second-order valence-corrected chi connectivity index (χ2v) is 5.25. The van der Waals surface area contributed by atoms with E-state index >= 15 is 0 Å². The molecule has 0 amide bonds. The molecule has 1 aliphatic carbocycles. The first-order valence-electron chi connectivity index (χ1n) is 6.47. The van der Waals surface area contributed by atoms with Crippen LogP contribution in [0, 0.1) is 5.92 Å². The number of nitrogens with two attached hydrogens (primary N) is 2. The molecule has 4 N–H and O–H groups in total. The molecule has 2 atom stereocenters. The zero-order chi connectivity index (χ0) is 12.4. The molecule has 1 aliphatic rings. The molecule has 17 heavy (non-hydrogen) atoms. The molecule has 3 nitrogen and oxygen atoms in total. The molecular weight excluding hydrogens is 210 g/mol. The summed E-state index contributed by atoms with van der Waals surface area (Å²) >= 11 is 0. The summed E-state index contributed by atoms with van der Waals surface area (Å²) in [5.74, 6) is 0.757. The van der Waals surface area contributed by atoms with Gasteiger partial charge < -0.3 is 16.4 Å². The summed E-state index contributed by atoms with van der Waals surface area (Å²) < 4.78 is 0. The monoisotopic (exact) mass is 233 g/mol. The Bertz CT molecular complexity index is 389. The zero-order valence-electron chi connectivity index (χ0n) is 10.8. The predicted molar refractivity (Wildman–Crippen MR) is 75.1 cm³/mol. The van der Waals surface area contributed by atoms with Crippen LogP contribution in [0.1, 0.15) is 32.6 Å². The lowest BCUT2D eigenvalue weighted by Gasteiger charge is -2.37. The highest BCUT2D eigenvalue weighted by Crippen LogP contribution is 2.31. The van der Waals surface area contributed by atoms with Gasteiger partial charge in [0.2, 0.25) is 0 Å². The van der Waals surface area contributed by atoms with Gasteiger partial charge in [-0.2, -0.15) is 0 Å². The van der Waals surface area contributed by atoms with Crippen molar-refractivity contribution in [2.45, 2.75) is 38.6 Å². The van der Waals surface area contributed by atoms with Gasteiger partial charge in [0, 0.05) is 18.8 Å². The first-order valence-corrected chi connectivity index (χ1v) is 6.47. The van der Waals surface area contributed by atoms with Gasteiger partial charge in [-0.1, -0.05) is 19.8 Å². The molecule has 0 heterocycles. The molecule has 0 aliphatic heterocycles. The summed E-state index contributed by atoms with van der Waals surface area (Å²) in [5, 5.41) is 0. The third-order valence-electron chi connectivity index (χ3n) is 4.04. The summed E-state index contributed by atoms with van der Waals surface area (Å²) in [6, 6.07) is 6.57. The molecule has 2 unspecified atom stereocenters. The Kier molecular flexibility index (Phi) is 3.46. The number of nitrogens with zero attached hydrogens (tertiary/aromatic N) is 1. The minimum Gasteiger partial charge on any atom is -0.397 e. The van der Waals surface area contributed by atoms with Crippen molar-refractivity contribution in [3.63, 3.8) is 0 Å².